The van der Waals surface area contributed by atoms with Crippen LogP contribution in [0, 0.1) is 50.2 Å². The average Bonchev–Trinajstić information content (AvgIpc) is 2.70. The summed E-state index contributed by atoms with van der Waals surface area (Å²) < 4.78 is 5.91. The molecule has 5 rings (SSSR count). The SMILES string of the molecule is CC(=O)O[C@H]1CC[C@@]2(C)[C@H](CC[C@]3(C)[C@H]2CC[C@@H]2[C@@]4(C)CCCC(C)(C)C4=CC[C@]23C)C1(C)C. The zero-order valence-corrected chi connectivity index (χ0v) is 23.8. The van der Waals surface area contributed by atoms with Gasteiger partial charge in [-0.05, 0) is 103 Å². The standard InChI is InChI=1S/C32H52O2/c1-21(33)34-26-15-18-30(7)23(28(26,4)5)14-20-32(9)25(30)12-11-24-29(6)17-10-16-27(2,3)22(29)13-19-31(24,32)8/h13,23-26H,10-12,14-20H2,1-9H3/t23-,24-,25+,26+,29+,30+,31-,32-/m1/s1. The fourth-order valence-electron chi connectivity index (χ4n) is 11.8. The molecule has 2 heteroatoms. The van der Waals surface area contributed by atoms with Gasteiger partial charge in [0.15, 0.2) is 0 Å². The summed E-state index contributed by atoms with van der Waals surface area (Å²) in [4.78, 5) is 11.9. The van der Waals surface area contributed by atoms with Gasteiger partial charge in [-0.15, -0.1) is 0 Å². The van der Waals surface area contributed by atoms with E-state index in [0.29, 0.717) is 33.0 Å². The monoisotopic (exact) mass is 468 g/mol. The number of hydrogen-bond donors (Lipinski definition) is 0. The van der Waals surface area contributed by atoms with Crippen LogP contribution in [0.2, 0.25) is 0 Å². The lowest BCUT2D eigenvalue weighted by molar-refractivity contribution is -0.240. The zero-order valence-electron chi connectivity index (χ0n) is 23.8. The Balaban J connectivity index is 1.53. The third-order valence-electron chi connectivity index (χ3n) is 13.5. The Kier molecular flexibility index (Phi) is 5.40. The molecule has 5 aliphatic rings. The first-order chi connectivity index (χ1) is 15.6. The molecule has 8 atom stereocenters. The molecule has 0 bridgehead atoms. The van der Waals surface area contributed by atoms with E-state index in [-0.39, 0.29) is 17.5 Å². The van der Waals surface area contributed by atoms with Crippen LogP contribution in [-0.4, -0.2) is 12.1 Å². The quantitative estimate of drug-likeness (QED) is 0.284. The molecule has 0 amide bonds. The third-order valence-corrected chi connectivity index (χ3v) is 13.5. The summed E-state index contributed by atoms with van der Waals surface area (Å²) in [6, 6.07) is 0. The molecule has 0 heterocycles. The predicted octanol–water partition coefficient (Wildman–Crippen LogP) is 8.74. The van der Waals surface area contributed by atoms with Crippen molar-refractivity contribution in [2.75, 3.05) is 0 Å². The Morgan fingerprint density at radius 2 is 1.47 bits per heavy atom. The van der Waals surface area contributed by atoms with Gasteiger partial charge in [0.05, 0.1) is 0 Å². The Labute approximate surface area is 210 Å². The molecule has 0 N–H and O–H groups in total. The first-order valence-corrected chi connectivity index (χ1v) is 14.5. The molecule has 34 heavy (non-hydrogen) atoms. The summed E-state index contributed by atoms with van der Waals surface area (Å²) in [5, 5.41) is 0. The zero-order chi connectivity index (χ0) is 24.9. The van der Waals surface area contributed by atoms with Crippen molar-refractivity contribution in [1.29, 1.82) is 0 Å². The lowest BCUT2D eigenvalue weighted by Crippen LogP contribution is -2.66. The highest BCUT2D eigenvalue weighted by Gasteiger charge is 2.69. The topological polar surface area (TPSA) is 26.3 Å². The second-order valence-corrected chi connectivity index (χ2v) is 15.5. The molecule has 0 spiro atoms. The molecule has 0 saturated heterocycles. The summed E-state index contributed by atoms with van der Waals surface area (Å²) in [5.74, 6) is 2.11. The summed E-state index contributed by atoms with van der Waals surface area (Å²) in [5.41, 5.74) is 3.72. The molecule has 192 valence electrons. The molecule has 4 fully saturated rings. The van der Waals surface area contributed by atoms with E-state index in [1.807, 2.05) is 0 Å². The first kappa shape index (κ1) is 24.9. The van der Waals surface area contributed by atoms with E-state index in [9.17, 15) is 4.79 Å². The minimum absolute atomic E-state index is 0.0523. The Morgan fingerprint density at radius 1 is 0.794 bits per heavy atom. The van der Waals surface area contributed by atoms with Crippen molar-refractivity contribution in [2.45, 2.75) is 133 Å². The van der Waals surface area contributed by atoms with E-state index in [2.05, 4.69) is 61.5 Å². The largest absolute Gasteiger partial charge is 0.462 e. The molecule has 0 unspecified atom stereocenters. The van der Waals surface area contributed by atoms with E-state index in [4.69, 9.17) is 4.74 Å². The van der Waals surface area contributed by atoms with Gasteiger partial charge in [0.1, 0.15) is 6.10 Å². The molecule has 4 saturated carbocycles. The average molecular weight is 469 g/mol. The number of ether oxygens (including phenoxy) is 1. The van der Waals surface area contributed by atoms with Gasteiger partial charge in [0, 0.05) is 12.3 Å². The van der Waals surface area contributed by atoms with Gasteiger partial charge < -0.3 is 4.74 Å². The summed E-state index contributed by atoms with van der Waals surface area (Å²) in [7, 11) is 0. The minimum atomic E-state index is -0.108. The Hall–Kier alpha value is -0.790. The van der Waals surface area contributed by atoms with Crippen LogP contribution in [0.3, 0.4) is 0 Å². The molecule has 0 aliphatic heterocycles. The molecule has 5 aliphatic carbocycles. The van der Waals surface area contributed by atoms with E-state index in [1.165, 1.54) is 57.8 Å². The van der Waals surface area contributed by atoms with Crippen LogP contribution < -0.4 is 0 Å². The van der Waals surface area contributed by atoms with Crippen LogP contribution in [0.5, 0.6) is 0 Å². The summed E-state index contributed by atoms with van der Waals surface area (Å²) >= 11 is 0. The molecule has 0 aromatic carbocycles. The fourth-order valence-corrected chi connectivity index (χ4v) is 11.8. The van der Waals surface area contributed by atoms with E-state index in [0.717, 1.165) is 18.3 Å². The van der Waals surface area contributed by atoms with Crippen LogP contribution in [0.25, 0.3) is 0 Å². The number of hydrogen-bond acceptors (Lipinski definition) is 2. The minimum Gasteiger partial charge on any atom is -0.462 e. The van der Waals surface area contributed by atoms with Crippen molar-refractivity contribution < 1.29 is 9.53 Å². The smallest absolute Gasteiger partial charge is 0.302 e. The number of fused-ring (bicyclic) bond motifs is 7. The van der Waals surface area contributed by atoms with E-state index >= 15 is 0 Å². The molecular formula is C32H52O2. The number of allylic oxidation sites excluding steroid dienone is 2. The van der Waals surface area contributed by atoms with Crippen LogP contribution in [0.15, 0.2) is 11.6 Å². The van der Waals surface area contributed by atoms with Crippen molar-refractivity contribution in [3.63, 3.8) is 0 Å². The van der Waals surface area contributed by atoms with Gasteiger partial charge >= 0.3 is 5.97 Å². The highest BCUT2D eigenvalue weighted by molar-refractivity contribution is 5.66. The Morgan fingerprint density at radius 3 is 2.15 bits per heavy atom. The first-order valence-electron chi connectivity index (χ1n) is 14.5. The fraction of sp³-hybridized carbons (Fsp3) is 0.906. The van der Waals surface area contributed by atoms with Crippen molar-refractivity contribution in [3.05, 3.63) is 11.6 Å². The van der Waals surface area contributed by atoms with Gasteiger partial charge in [-0.3, -0.25) is 4.79 Å². The normalized spacial score (nSPS) is 51.1. The summed E-state index contributed by atoms with van der Waals surface area (Å²) in [6.45, 7) is 22.2. The number of carbonyl (C=O) groups is 1. The van der Waals surface area contributed by atoms with Crippen LogP contribution in [-0.2, 0) is 9.53 Å². The van der Waals surface area contributed by atoms with Gasteiger partial charge in [-0.2, -0.15) is 0 Å². The van der Waals surface area contributed by atoms with Crippen molar-refractivity contribution in [2.24, 2.45) is 50.2 Å². The molecule has 0 aromatic heterocycles. The molecule has 0 aromatic rings. The lowest BCUT2D eigenvalue weighted by Gasteiger charge is -2.73. The van der Waals surface area contributed by atoms with E-state index in [1.54, 1.807) is 12.5 Å². The van der Waals surface area contributed by atoms with Gasteiger partial charge in [-0.1, -0.05) is 73.5 Å². The van der Waals surface area contributed by atoms with Crippen LogP contribution in [0.4, 0.5) is 0 Å². The van der Waals surface area contributed by atoms with Gasteiger partial charge in [0.2, 0.25) is 0 Å². The maximum Gasteiger partial charge on any atom is 0.302 e. The maximum absolute atomic E-state index is 11.9. The van der Waals surface area contributed by atoms with Crippen molar-refractivity contribution in [3.8, 4) is 0 Å². The second-order valence-electron chi connectivity index (χ2n) is 15.5. The highest BCUT2D eigenvalue weighted by atomic mass is 16.5. The highest BCUT2D eigenvalue weighted by Crippen LogP contribution is 2.77. The molecule has 0 radical (unpaired) electrons. The number of carbonyl (C=O) groups excluding carboxylic acids is 1. The van der Waals surface area contributed by atoms with Gasteiger partial charge in [0.25, 0.3) is 0 Å². The van der Waals surface area contributed by atoms with Gasteiger partial charge in [-0.25, -0.2) is 0 Å². The van der Waals surface area contributed by atoms with Crippen molar-refractivity contribution in [1.82, 2.24) is 0 Å². The van der Waals surface area contributed by atoms with Crippen molar-refractivity contribution >= 4 is 5.97 Å². The molecule has 2 nitrogen and oxygen atoms in total. The second kappa shape index (κ2) is 7.38. The lowest BCUT2D eigenvalue weighted by atomic mass is 9.31. The van der Waals surface area contributed by atoms with Crippen LogP contribution in [0.1, 0.15) is 127 Å². The number of rotatable bonds is 1. The predicted molar refractivity (Wildman–Crippen MR) is 140 cm³/mol. The van der Waals surface area contributed by atoms with E-state index < -0.39 is 0 Å². The summed E-state index contributed by atoms with van der Waals surface area (Å²) in [6.07, 6.45) is 15.9. The number of esters is 1. The molecular weight excluding hydrogens is 416 g/mol. The third kappa shape index (κ3) is 3.01. The Bertz CT molecular complexity index is 897. The maximum atomic E-state index is 11.9. The van der Waals surface area contributed by atoms with Crippen LogP contribution >= 0.6 is 0 Å².